The highest BCUT2D eigenvalue weighted by atomic mass is 32.2. The predicted octanol–water partition coefficient (Wildman–Crippen LogP) is 2.69. The van der Waals surface area contributed by atoms with E-state index >= 15 is 0 Å². The standard InChI is InChI=1S/C19H22N4O4S2/c1-12-3-2-4-14(9-12)23-11-13(10-15(23)24)17(25)20-18-21-22-19(29-18)28-8-5-16-26-6-7-27-16/h2-4,9,13,16H,5-8,10-11H2,1H3,(H,20,21,25)/t13-/m0/s1. The van der Waals surface area contributed by atoms with Crippen LogP contribution in [0.3, 0.4) is 0 Å². The van der Waals surface area contributed by atoms with Gasteiger partial charge in [0.05, 0.1) is 19.1 Å². The van der Waals surface area contributed by atoms with E-state index in [1.807, 2.05) is 31.2 Å². The van der Waals surface area contributed by atoms with Gasteiger partial charge >= 0.3 is 0 Å². The zero-order valence-electron chi connectivity index (χ0n) is 16.0. The topological polar surface area (TPSA) is 93.7 Å². The fourth-order valence-electron chi connectivity index (χ4n) is 3.27. The molecule has 1 aromatic heterocycles. The first kappa shape index (κ1) is 20.3. The van der Waals surface area contributed by atoms with Crippen molar-refractivity contribution in [2.75, 3.05) is 35.7 Å². The Hall–Kier alpha value is -2.01. The summed E-state index contributed by atoms with van der Waals surface area (Å²) in [7, 11) is 0. The van der Waals surface area contributed by atoms with Gasteiger partial charge in [-0.25, -0.2) is 0 Å². The summed E-state index contributed by atoms with van der Waals surface area (Å²) in [6.45, 7) is 3.65. The largest absolute Gasteiger partial charge is 0.350 e. The second-order valence-corrected chi connectivity index (χ2v) is 9.23. The Labute approximate surface area is 177 Å². The lowest BCUT2D eigenvalue weighted by Gasteiger charge is -2.17. The van der Waals surface area contributed by atoms with Crippen molar-refractivity contribution in [1.82, 2.24) is 10.2 Å². The van der Waals surface area contributed by atoms with Crippen LogP contribution in [0.15, 0.2) is 28.6 Å². The summed E-state index contributed by atoms with van der Waals surface area (Å²) in [4.78, 5) is 26.7. The van der Waals surface area contributed by atoms with Gasteiger partial charge in [0, 0.05) is 30.8 Å². The first-order valence-corrected chi connectivity index (χ1v) is 11.3. The number of hydrogen-bond donors (Lipinski definition) is 1. The summed E-state index contributed by atoms with van der Waals surface area (Å²) in [5.74, 6) is 0.157. The molecule has 2 aromatic rings. The molecule has 2 aliphatic heterocycles. The van der Waals surface area contributed by atoms with Crippen LogP contribution in [0.1, 0.15) is 18.4 Å². The number of benzene rings is 1. The van der Waals surface area contributed by atoms with Crippen LogP contribution in [-0.2, 0) is 19.1 Å². The van der Waals surface area contributed by atoms with E-state index in [0.717, 1.165) is 27.8 Å². The molecule has 10 heteroatoms. The molecule has 0 spiro atoms. The molecule has 0 saturated carbocycles. The summed E-state index contributed by atoms with van der Waals surface area (Å²) < 4.78 is 11.6. The van der Waals surface area contributed by atoms with Crippen molar-refractivity contribution in [3.63, 3.8) is 0 Å². The van der Waals surface area contributed by atoms with E-state index in [4.69, 9.17) is 9.47 Å². The van der Waals surface area contributed by atoms with Gasteiger partial charge in [0.25, 0.3) is 0 Å². The maximum atomic E-state index is 12.6. The number of aryl methyl sites for hydroxylation is 1. The number of aromatic nitrogens is 2. The maximum Gasteiger partial charge on any atom is 0.231 e. The number of thioether (sulfide) groups is 1. The van der Waals surface area contributed by atoms with Crippen LogP contribution in [0, 0.1) is 12.8 Å². The van der Waals surface area contributed by atoms with E-state index in [0.29, 0.717) is 24.9 Å². The van der Waals surface area contributed by atoms with Crippen LogP contribution in [0.25, 0.3) is 0 Å². The SMILES string of the molecule is Cc1cccc(N2C[C@@H](C(=O)Nc3nnc(SCCC4OCCO4)s3)CC2=O)c1. The van der Waals surface area contributed by atoms with E-state index in [2.05, 4.69) is 15.5 Å². The summed E-state index contributed by atoms with van der Waals surface area (Å²) in [5, 5.41) is 11.4. The van der Waals surface area contributed by atoms with E-state index in [-0.39, 0.29) is 24.5 Å². The summed E-state index contributed by atoms with van der Waals surface area (Å²) in [5.41, 5.74) is 1.91. The molecule has 2 amide bonds. The minimum Gasteiger partial charge on any atom is -0.350 e. The molecule has 2 fully saturated rings. The van der Waals surface area contributed by atoms with Gasteiger partial charge < -0.3 is 19.7 Å². The molecule has 1 atom stereocenters. The van der Waals surface area contributed by atoms with Crippen molar-refractivity contribution >= 4 is 45.7 Å². The van der Waals surface area contributed by atoms with Gasteiger partial charge in [0.15, 0.2) is 10.6 Å². The Kier molecular flexibility index (Phi) is 6.43. The number of anilines is 2. The van der Waals surface area contributed by atoms with Gasteiger partial charge in [0.2, 0.25) is 16.9 Å². The minimum absolute atomic E-state index is 0.0411. The van der Waals surface area contributed by atoms with Gasteiger partial charge in [-0.05, 0) is 24.6 Å². The third-order valence-electron chi connectivity index (χ3n) is 4.72. The average molecular weight is 435 g/mol. The quantitative estimate of drug-likeness (QED) is 0.529. The second-order valence-electron chi connectivity index (χ2n) is 6.92. The fraction of sp³-hybridized carbons (Fsp3) is 0.474. The predicted molar refractivity (Wildman–Crippen MR) is 111 cm³/mol. The smallest absolute Gasteiger partial charge is 0.231 e. The third-order valence-corrected chi connectivity index (χ3v) is 6.72. The Morgan fingerprint density at radius 2 is 2.17 bits per heavy atom. The zero-order valence-corrected chi connectivity index (χ0v) is 17.6. The lowest BCUT2D eigenvalue weighted by molar-refractivity contribution is -0.122. The molecule has 1 aromatic carbocycles. The van der Waals surface area contributed by atoms with Crippen LogP contribution in [0.5, 0.6) is 0 Å². The molecule has 4 rings (SSSR count). The highest BCUT2D eigenvalue weighted by Crippen LogP contribution is 2.29. The zero-order chi connectivity index (χ0) is 20.2. The normalized spacial score (nSPS) is 19.8. The molecular weight excluding hydrogens is 412 g/mol. The Bertz CT molecular complexity index is 885. The van der Waals surface area contributed by atoms with Crippen LogP contribution in [0.4, 0.5) is 10.8 Å². The summed E-state index contributed by atoms with van der Waals surface area (Å²) in [6, 6.07) is 7.74. The Balaban J connectivity index is 1.28. The number of nitrogens with one attached hydrogen (secondary N) is 1. The van der Waals surface area contributed by atoms with Crippen molar-refractivity contribution in [2.45, 2.75) is 30.4 Å². The lowest BCUT2D eigenvalue weighted by Crippen LogP contribution is -2.28. The van der Waals surface area contributed by atoms with E-state index < -0.39 is 5.92 Å². The lowest BCUT2D eigenvalue weighted by atomic mass is 10.1. The number of amides is 2. The van der Waals surface area contributed by atoms with Crippen LogP contribution >= 0.6 is 23.1 Å². The average Bonchev–Trinajstić information content (AvgIpc) is 3.44. The van der Waals surface area contributed by atoms with E-state index in [1.54, 1.807) is 16.7 Å². The molecule has 0 unspecified atom stereocenters. The Morgan fingerprint density at radius 3 is 2.97 bits per heavy atom. The Morgan fingerprint density at radius 1 is 1.34 bits per heavy atom. The number of carbonyl (C=O) groups is 2. The molecule has 2 aliphatic rings. The summed E-state index contributed by atoms with van der Waals surface area (Å²) >= 11 is 2.89. The van der Waals surface area contributed by atoms with Gasteiger partial charge in [-0.3, -0.25) is 9.59 Å². The number of rotatable bonds is 7. The van der Waals surface area contributed by atoms with Gasteiger partial charge in [0.1, 0.15) is 0 Å². The highest BCUT2D eigenvalue weighted by Gasteiger charge is 2.35. The van der Waals surface area contributed by atoms with Crippen molar-refractivity contribution in [1.29, 1.82) is 0 Å². The first-order valence-electron chi connectivity index (χ1n) is 9.46. The van der Waals surface area contributed by atoms with E-state index in [1.165, 1.54) is 11.3 Å². The van der Waals surface area contributed by atoms with Gasteiger partial charge in [-0.2, -0.15) is 0 Å². The van der Waals surface area contributed by atoms with Crippen molar-refractivity contribution in [2.24, 2.45) is 5.92 Å². The second kappa shape index (κ2) is 9.21. The molecule has 29 heavy (non-hydrogen) atoms. The molecule has 2 saturated heterocycles. The highest BCUT2D eigenvalue weighted by molar-refractivity contribution is 8.01. The number of hydrogen-bond acceptors (Lipinski definition) is 8. The monoisotopic (exact) mass is 434 g/mol. The molecule has 1 N–H and O–H groups in total. The van der Waals surface area contributed by atoms with Gasteiger partial charge in [-0.1, -0.05) is 35.2 Å². The molecule has 154 valence electrons. The molecular formula is C19H22N4O4S2. The van der Waals surface area contributed by atoms with Crippen LogP contribution in [0.2, 0.25) is 0 Å². The van der Waals surface area contributed by atoms with Crippen molar-refractivity contribution in [3.05, 3.63) is 29.8 Å². The fourth-order valence-corrected chi connectivity index (χ4v) is 5.06. The van der Waals surface area contributed by atoms with Crippen molar-refractivity contribution in [3.8, 4) is 0 Å². The number of carbonyl (C=O) groups excluding carboxylic acids is 2. The molecule has 8 nitrogen and oxygen atoms in total. The third kappa shape index (κ3) is 5.13. The molecule has 0 aliphatic carbocycles. The van der Waals surface area contributed by atoms with E-state index in [9.17, 15) is 9.59 Å². The molecule has 0 radical (unpaired) electrons. The molecule has 0 bridgehead atoms. The van der Waals surface area contributed by atoms with Gasteiger partial charge in [-0.15, -0.1) is 10.2 Å². The maximum absolute atomic E-state index is 12.6. The molecule has 3 heterocycles. The number of ether oxygens (including phenoxy) is 2. The number of nitrogens with zero attached hydrogens (tertiary/aromatic N) is 3. The van der Waals surface area contributed by atoms with Crippen LogP contribution < -0.4 is 10.2 Å². The van der Waals surface area contributed by atoms with Crippen LogP contribution in [-0.4, -0.2) is 53.8 Å². The summed E-state index contributed by atoms with van der Waals surface area (Å²) in [6.07, 6.45) is 0.845. The first-order chi connectivity index (χ1) is 14.1. The van der Waals surface area contributed by atoms with Crippen molar-refractivity contribution < 1.29 is 19.1 Å². The minimum atomic E-state index is -0.403.